The molecule has 0 aliphatic heterocycles. The minimum Gasteiger partial charge on any atom is -0.481 e. The van der Waals surface area contributed by atoms with Crippen LogP contribution in [0.5, 0.6) is 0 Å². The van der Waals surface area contributed by atoms with Crippen molar-refractivity contribution >= 4 is 11.9 Å². The van der Waals surface area contributed by atoms with Crippen LogP contribution in [0.25, 0.3) is 0 Å². The van der Waals surface area contributed by atoms with Crippen LogP contribution in [0.3, 0.4) is 0 Å². The van der Waals surface area contributed by atoms with E-state index in [0.29, 0.717) is 18.4 Å². The molecule has 4 heteroatoms. The summed E-state index contributed by atoms with van der Waals surface area (Å²) in [5.74, 6) is -3.81. The smallest absolute Gasteiger partial charge is 0.311 e. The first-order valence-electron chi connectivity index (χ1n) is 5.27. The van der Waals surface area contributed by atoms with Crippen molar-refractivity contribution in [1.82, 2.24) is 0 Å². The van der Waals surface area contributed by atoms with Crippen LogP contribution in [0.4, 0.5) is 0 Å². The van der Waals surface area contributed by atoms with E-state index in [2.05, 4.69) is 0 Å². The van der Waals surface area contributed by atoms with E-state index in [0.717, 1.165) is 5.57 Å². The highest BCUT2D eigenvalue weighted by molar-refractivity contribution is 5.83. The van der Waals surface area contributed by atoms with Gasteiger partial charge in [0.1, 0.15) is 0 Å². The molecule has 0 bridgehead atoms. The highest BCUT2D eigenvalue weighted by Gasteiger charge is 2.38. The molecule has 0 amide bonds. The van der Waals surface area contributed by atoms with Crippen LogP contribution in [0, 0.1) is 11.8 Å². The van der Waals surface area contributed by atoms with Crippen molar-refractivity contribution < 1.29 is 19.8 Å². The maximum absolute atomic E-state index is 11.2. The van der Waals surface area contributed by atoms with Crippen molar-refractivity contribution in [2.45, 2.75) is 26.7 Å². The third kappa shape index (κ3) is 2.32. The van der Waals surface area contributed by atoms with Gasteiger partial charge >= 0.3 is 11.9 Å². The summed E-state index contributed by atoms with van der Waals surface area (Å²) in [6.07, 6.45) is 4.52. The van der Waals surface area contributed by atoms with Gasteiger partial charge in [0.25, 0.3) is 0 Å². The van der Waals surface area contributed by atoms with Gasteiger partial charge in [-0.15, -0.1) is 0 Å². The molecule has 4 nitrogen and oxygen atoms in total. The second-order valence-corrected chi connectivity index (χ2v) is 4.03. The molecular formula is C12H16O4. The van der Waals surface area contributed by atoms with E-state index in [1.165, 1.54) is 0 Å². The highest BCUT2D eigenvalue weighted by Crippen LogP contribution is 2.36. The van der Waals surface area contributed by atoms with Crippen LogP contribution < -0.4 is 0 Å². The second-order valence-electron chi connectivity index (χ2n) is 4.03. The van der Waals surface area contributed by atoms with E-state index < -0.39 is 23.8 Å². The summed E-state index contributed by atoms with van der Waals surface area (Å²) < 4.78 is 0. The van der Waals surface area contributed by atoms with Gasteiger partial charge in [0.2, 0.25) is 0 Å². The van der Waals surface area contributed by atoms with Crippen LogP contribution in [-0.2, 0) is 9.59 Å². The second kappa shape index (κ2) is 4.96. The lowest BCUT2D eigenvalue weighted by Crippen LogP contribution is -2.34. The largest absolute Gasteiger partial charge is 0.481 e. The van der Waals surface area contributed by atoms with E-state index in [1.807, 2.05) is 6.92 Å². The fourth-order valence-electron chi connectivity index (χ4n) is 2.16. The number of hydrogen-bond acceptors (Lipinski definition) is 2. The average molecular weight is 224 g/mol. The Morgan fingerprint density at radius 1 is 1.31 bits per heavy atom. The van der Waals surface area contributed by atoms with E-state index in [9.17, 15) is 9.59 Å². The Hall–Kier alpha value is -1.58. The molecule has 0 heterocycles. The quantitative estimate of drug-likeness (QED) is 0.769. The van der Waals surface area contributed by atoms with E-state index >= 15 is 0 Å². The summed E-state index contributed by atoms with van der Waals surface area (Å²) in [6.45, 7) is 3.66. The van der Waals surface area contributed by atoms with Crippen LogP contribution >= 0.6 is 0 Å². The molecule has 88 valence electrons. The lowest BCUT2D eigenvalue weighted by atomic mass is 9.75. The first-order chi connectivity index (χ1) is 7.49. The van der Waals surface area contributed by atoms with Crippen LogP contribution in [0.2, 0.25) is 0 Å². The Bertz CT molecular complexity index is 365. The van der Waals surface area contributed by atoms with Gasteiger partial charge < -0.3 is 10.2 Å². The molecule has 0 aromatic carbocycles. The van der Waals surface area contributed by atoms with E-state index in [4.69, 9.17) is 10.2 Å². The Morgan fingerprint density at radius 3 is 2.38 bits per heavy atom. The van der Waals surface area contributed by atoms with Crippen molar-refractivity contribution in [3.63, 3.8) is 0 Å². The molecule has 1 aliphatic carbocycles. The molecule has 2 unspecified atom stereocenters. The Balaban J connectivity index is 3.18. The molecule has 2 N–H and O–H groups in total. The summed E-state index contributed by atoms with van der Waals surface area (Å²) >= 11 is 0. The van der Waals surface area contributed by atoms with Gasteiger partial charge in [-0.2, -0.15) is 0 Å². The summed E-state index contributed by atoms with van der Waals surface area (Å²) in [6, 6.07) is 0. The van der Waals surface area contributed by atoms with Gasteiger partial charge in [-0.1, -0.05) is 17.7 Å². The van der Waals surface area contributed by atoms with Crippen molar-refractivity contribution in [3.8, 4) is 0 Å². The molecule has 0 spiro atoms. The Labute approximate surface area is 94.3 Å². The molecular weight excluding hydrogens is 208 g/mol. The highest BCUT2D eigenvalue weighted by atomic mass is 16.4. The first-order valence-corrected chi connectivity index (χ1v) is 5.27. The van der Waals surface area contributed by atoms with Gasteiger partial charge in [0, 0.05) is 0 Å². The molecule has 1 aliphatic rings. The van der Waals surface area contributed by atoms with E-state index in [1.54, 1.807) is 19.1 Å². The van der Waals surface area contributed by atoms with Crippen molar-refractivity contribution in [3.05, 3.63) is 23.3 Å². The first kappa shape index (κ1) is 12.5. The molecule has 0 saturated carbocycles. The summed E-state index contributed by atoms with van der Waals surface area (Å²) in [5.41, 5.74) is 1.62. The fourth-order valence-corrected chi connectivity index (χ4v) is 2.16. The lowest BCUT2D eigenvalue weighted by molar-refractivity contribution is -0.152. The van der Waals surface area contributed by atoms with Crippen molar-refractivity contribution in [1.29, 1.82) is 0 Å². The zero-order valence-electron chi connectivity index (χ0n) is 9.43. The Morgan fingerprint density at radius 2 is 1.94 bits per heavy atom. The molecule has 0 aromatic rings. The van der Waals surface area contributed by atoms with Gasteiger partial charge in [0.15, 0.2) is 0 Å². The number of rotatable bonds is 3. The normalized spacial score (nSPS) is 26.1. The predicted molar refractivity (Wildman–Crippen MR) is 59.0 cm³/mol. The number of hydrogen-bond donors (Lipinski definition) is 2. The number of aliphatic carboxylic acids is 2. The van der Waals surface area contributed by atoms with Gasteiger partial charge in [-0.05, 0) is 32.3 Å². The summed E-state index contributed by atoms with van der Waals surface area (Å²) in [5, 5.41) is 18.2. The monoisotopic (exact) mass is 224 g/mol. The topological polar surface area (TPSA) is 74.6 Å². The minimum absolute atomic E-state index is 0.402. The van der Waals surface area contributed by atoms with Crippen LogP contribution in [0.15, 0.2) is 23.3 Å². The molecule has 1 rings (SSSR count). The third-order valence-electron chi connectivity index (χ3n) is 2.99. The van der Waals surface area contributed by atoms with Crippen molar-refractivity contribution in [2.75, 3.05) is 0 Å². The molecule has 0 saturated heterocycles. The number of carboxylic acids is 2. The molecule has 0 radical (unpaired) electrons. The lowest BCUT2D eigenvalue weighted by Gasteiger charge is -2.28. The molecule has 2 atom stereocenters. The maximum atomic E-state index is 11.2. The summed E-state index contributed by atoms with van der Waals surface area (Å²) in [7, 11) is 0. The maximum Gasteiger partial charge on any atom is 0.311 e. The van der Waals surface area contributed by atoms with E-state index in [-0.39, 0.29) is 0 Å². The Kier molecular flexibility index (Phi) is 3.88. The average Bonchev–Trinajstić information content (AvgIpc) is 2.20. The minimum atomic E-state index is -1.06. The van der Waals surface area contributed by atoms with Gasteiger partial charge in [-0.3, -0.25) is 9.59 Å². The predicted octanol–water partition coefficient (Wildman–Crippen LogP) is 2.07. The fraction of sp³-hybridized carbons (Fsp3) is 0.500. The standard InChI is InChI=1S/C12H16O4/c1-3-4-8-7(2)5-6-9(11(13)14)10(8)12(15)16/h3-4,9-10H,5-6H2,1-2H3,(H,13,14)(H,15,16). The number of carbonyl (C=O) groups is 2. The van der Waals surface area contributed by atoms with Gasteiger partial charge in [-0.25, -0.2) is 0 Å². The van der Waals surface area contributed by atoms with Gasteiger partial charge in [0.05, 0.1) is 11.8 Å². The van der Waals surface area contributed by atoms with Crippen LogP contribution in [-0.4, -0.2) is 22.2 Å². The third-order valence-corrected chi connectivity index (χ3v) is 2.99. The molecule has 0 fully saturated rings. The molecule has 16 heavy (non-hydrogen) atoms. The zero-order chi connectivity index (χ0) is 12.3. The molecule has 0 aromatic heterocycles. The number of carboxylic acid groups (broad SMARTS) is 2. The van der Waals surface area contributed by atoms with Crippen LogP contribution in [0.1, 0.15) is 26.7 Å². The van der Waals surface area contributed by atoms with Crippen molar-refractivity contribution in [2.24, 2.45) is 11.8 Å². The SMILES string of the molecule is CC=CC1=C(C)CCC(C(=O)O)C1C(=O)O. The number of allylic oxidation sites excluding steroid dienone is 3. The zero-order valence-corrected chi connectivity index (χ0v) is 9.43. The summed E-state index contributed by atoms with van der Waals surface area (Å²) in [4.78, 5) is 22.2.